The van der Waals surface area contributed by atoms with Crippen LogP contribution in [0.4, 0.5) is 10.6 Å². The molecule has 0 aliphatic carbocycles. The van der Waals surface area contributed by atoms with E-state index in [1.807, 2.05) is 0 Å². The molecule has 1 fully saturated rings. The molecule has 2 rings (SSSR count). The molecule has 1 aliphatic heterocycles. The van der Waals surface area contributed by atoms with E-state index in [2.05, 4.69) is 9.97 Å². The van der Waals surface area contributed by atoms with Gasteiger partial charge in [-0.15, -0.1) is 0 Å². The van der Waals surface area contributed by atoms with Crippen molar-refractivity contribution in [3.63, 3.8) is 0 Å². The van der Waals surface area contributed by atoms with Crippen molar-refractivity contribution >= 4 is 23.4 Å². The lowest BCUT2D eigenvalue weighted by molar-refractivity contribution is 0.229. The molecule has 2 heterocycles. The van der Waals surface area contributed by atoms with Gasteiger partial charge in [-0.1, -0.05) is 13.8 Å². The van der Waals surface area contributed by atoms with Gasteiger partial charge in [0.2, 0.25) is 5.28 Å². The predicted octanol–water partition coefficient (Wildman–Crippen LogP) is 2.03. The van der Waals surface area contributed by atoms with Crippen molar-refractivity contribution in [2.45, 2.75) is 19.9 Å². The first-order valence-electron chi connectivity index (χ1n) is 7.60. The molecule has 1 aromatic heterocycles. The van der Waals surface area contributed by atoms with Crippen LogP contribution in [0.3, 0.4) is 0 Å². The summed E-state index contributed by atoms with van der Waals surface area (Å²) < 4.78 is 38.6. The Kier molecular flexibility index (Phi) is 1.89. The molecule has 0 spiro atoms. The van der Waals surface area contributed by atoms with E-state index >= 15 is 0 Å². The van der Waals surface area contributed by atoms with Crippen LogP contribution in [0.5, 0.6) is 0 Å². The number of amides is 2. The van der Waals surface area contributed by atoms with Gasteiger partial charge in [0.05, 0.1) is 8.78 Å². The van der Waals surface area contributed by atoms with E-state index < -0.39 is 25.5 Å². The largest absolute Gasteiger partial charge is 0.325 e. The number of carbonyl (C=O) groups excluding carboxylic acids is 1. The molecule has 0 saturated carbocycles. The van der Waals surface area contributed by atoms with E-state index in [1.54, 1.807) is 13.8 Å². The first-order valence-corrected chi connectivity index (χ1v) is 5.48. The summed E-state index contributed by atoms with van der Waals surface area (Å²) in [7, 11) is 0. The monoisotopic (exact) mass is 259 g/mol. The molecule has 1 saturated heterocycles. The van der Waals surface area contributed by atoms with Crippen molar-refractivity contribution in [3.05, 3.63) is 17.5 Å². The van der Waals surface area contributed by atoms with Crippen LogP contribution in [0.15, 0.2) is 12.3 Å². The summed E-state index contributed by atoms with van der Waals surface area (Å²) in [5.74, 6) is -0.278. The second kappa shape index (κ2) is 4.49. The predicted molar refractivity (Wildman–Crippen MR) is 66.2 cm³/mol. The highest BCUT2D eigenvalue weighted by Gasteiger charge is 2.38. The van der Waals surface area contributed by atoms with Gasteiger partial charge in [0.25, 0.3) is 0 Å². The molecular formula is C11H15ClN4O. The van der Waals surface area contributed by atoms with E-state index in [9.17, 15) is 4.79 Å². The average molecular weight is 260 g/mol. The highest BCUT2D eigenvalue weighted by molar-refractivity contribution is 6.28. The number of nitrogens with zero attached hydrogens (tertiary/aromatic N) is 4. The molecule has 0 unspecified atom stereocenters. The Morgan fingerprint density at radius 2 is 2.47 bits per heavy atom. The first kappa shape index (κ1) is 7.16. The summed E-state index contributed by atoms with van der Waals surface area (Å²) in [5, 5.41) is -0.110. The number of hydrogen-bond donors (Lipinski definition) is 0. The fourth-order valence-corrected chi connectivity index (χ4v) is 1.76. The van der Waals surface area contributed by atoms with E-state index in [0.717, 1.165) is 4.90 Å². The molecule has 0 aromatic carbocycles. The lowest BCUT2D eigenvalue weighted by atomic mass is 10.0. The first-order chi connectivity index (χ1) is 9.98. The summed E-state index contributed by atoms with van der Waals surface area (Å²) in [6, 6.07) is -0.608. The Morgan fingerprint density at radius 3 is 3.06 bits per heavy atom. The van der Waals surface area contributed by atoms with Crippen LogP contribution < -0.4 is 4.90 Å². The second-order valence-electron chi connectivity index (χ2n) is 3.99. The van der Waals surface area contributed by atoms with Gasteiger partial charge in [-0.3, -0.25) is 4.90 Å². The third-order valence-corrected chi connectivity index (χ3v) is 2.61. The Balaban J connectivity index is 2.59. The Bertz CT molecular complexity index is 594. The molecule has 0 bridgehead atoms. The van der Waals surface area contributed by atoms with Crippen molar-refractivity contribution in [2.75, 3.05) is 18.4 Å². The minimum atomic E-state index is -2.90. The van der Waals surface area contributed by atoms with Crippen LogP contribution in [0, 0.1) is 5.92 Å². The number of anilines is 1. The normalized spacial score (nSPS) is 28.6. The Hall–Kier alpha value is -1.36. The van der Waals surface area contributed by atoms with Crippen LogP contribution >= 0.6 is 11.6 Å². The molecule has 17 heavy (non-hydrogen) atoms. The number of hydrogen-bond acceptors (Lipinski definition) is 3. The van der Waals surface area contributed by atoms with Gasteiger partial charge in [0, 0.05) is 23.8 Å². The fraction of sp³-hybridized carbons (Fsp3) is 0.545. The van der Waals surface area contributed by atoms with E-state index in [4.69, 9.17) is 18.5 Å². The zero-order valence-electron chi connectivity index (χ0n) is 14.4. The number of aromatic nitrogens is 2. The molecule has 0 radical (unpaired) electrons. The van der Waals surface area contributed by atoms with Gasteiger partial charge in [-0.25, -0.2) is 14.8 Å². The van der Waals surface area contributed by atoms with Crippen molar-refractivity contribution in [3.8, 4) is 0 Å². The number of urea groups is 1. The second-order valence-corrected chi connectivity index (χ2v) is 4.33. The number of rotatable bonds is 2. The summed E-state index contributed by atoms with van der Waals surface area (Å²) >= 11 is 5.72. The molecule has 2 amide bonds. The van der Waals surface area contributed by atoms with E-state index in [1.165, 1.54) is 12.3 Å². The topological polar surface area (TPSA) is 49.3 Å². The summed E-state index contributed by atoms with van der Waals surface area (Å²) in [4.78, 5) is 21.5. The maximum Gasteiger partial charge on any atom is 0.325 e. The molecule has 1 atom stereocenters. The quantitative estimate of drug-likeness (QED) is 0.764. The van der Waals surface area contributed by atoms with Crippen molar-refractivity contribution in [1.82, 2.24) is 14.9 Å². The Morgan fingerprint density at radius 1 is 1.71 bits per heavy atom. The lowest BCUT2D eigenvalue weighted by Gasteiger charge is -2.24. The number of halogens is 1. The van der Waals surface area contributed by atoms with Crippen LogP contribution in [0.2, 0.25) is 5.28 Å². The SMILES string of the molecule is [2H]C([2H])([2H])N1C(=O)N(c2ccnc(Cl)n2)[C@@H](C(C)C)C1([2H])[2H]. The molecule has 92 valence electrons. The highest BCUT2D eigenvalue weighted by Crippen LogP contribution is 2.26. The molecule has 5 nitrogen and oxygen atoms in total. The molecule has 1 aromatic rings. The van der Waals surface area contributed by atoms with Crippen molar-refractivity contribution in [1.29, 1.82) is 0 Å². The van der Waals surface area contributed by atoms with Crippen LogP contribution in [0.1, 0.15) is 20.7 Å². The average Bonchev–Trinajstić information content (AvgIpc) is 2.54. The van der Waals surface area contributed by atoms with Gasteiger partial charge in [0.1, 0.15) is 5.82 Å². The maximum absolute atomic E-state index is 12.5. The van der Waals surface area contributed by atoms with Gasteiger partial charge >= 0.3 is 6.03 Å². The van der Waals surface area contributed by atoms with Crippen LogP contribution in [0.25, 0.3) is 0 Å². The third kappa shape index (κ3) is 2.20. The zero-order valence-corrected chi connectivity index (χ0v) is 10.1. The van der Waals surface area contributed by atoms with Gasteiger partial charge in [-0.2, -0.15) is 0 Å². The standard InChI is InChI=1S/C11H15ClN4O/c1-7(2)8-6-15(3)11(17)16(8)9-4-5-13-10(12)14-9/h4-5,7-8H,6H2,1-3H3/t8-/m1/s1/i3D3,6D2. The minimum absolute atomic E-state index is 0.0688. The van der Waals surface area contributed by atoms with Gasteiger partial charge < -0.3 is 4.90 Å². The van der Waals surface area contributed by atoms with E-state index in [0.29, 0.717) is 0 Å². The fourth-order valence-electron chi connectivity index (χ4n) is 1.62. The van der Waals surface area contributed by atoms with Gasteiger partial charge in [0.15, 0.2) is 0 Å². The molecule has 0 N–H and O–H groups in total. The van der Waals surface area contributed by atoms with Crippen LogP contribution in [-0.2, 0) is 0 Å². The molecule has 1 aliphatic rings. The number of likely N-dealkylation sites (N-methyl/N-ethyl adjacent to an activating group) is 1. The third-order valence-electron chi connectivity index (χ3n) is 2.43. The van der Waals surface area contributed by atoms with E-state index in [-0.39, 0.29) is 21.9 Å². The van der Waals surface area contributed by atoms with Gasteiger partial charge in [-0.05, 0) is 23.6 Å². The maximum atomic E-state index is 12.5. The zero-order chi connectivity index (χ0) is 16.9. The van der Waals surface area contributed by atoms with Crippen molar-refractivity contribution < 1.29 is 11.6 Å². The van der Waals surface area contributed by atoms with Crippen LogP contribution in [-0.4, -0.2) is 40.4 Å². The van der Waals surface area contributed by atoms with Crippen molar-refractivity contribution in [2.24, 2.45) is 5.92 Å². The smallest absolute Gasteiger partial charge is 0.325 e. The Labute approximate surface area is 112 Å². The minimum Gasteiger partial charge on any atom is -0.325 e. The molecule has 6 heteroatoms. The lowest BCUT2D eigenvalue weighted by Crippen LogP contribution is -2.38. The highest BCUT2D eigenvalue weighted by atomic mass is 35.5. The summed E-state index contributed by atoms with van der Waals surface area (Å²) in [6.07, 6.45) is 1.32. The summed E-state index contributed by atoms with van der Waals surface area (Å²) in [6.45, 7) is -1.88. The molecular weight excluding hydrogens is 240 g/mol. The number of carbonyl (C=O) groups is 1. The summed E-state index contributed by atoms with van der Waals surface area (Å²) in [5.41, 5.74) is 0.